The molecular weight excluding hydrogens is 186 g/mol. The smallest absolute Gasteiger partial charge is 0.191 e. The van der Waals surface area contributed by atoms with E-state index in [1.54, 1.807) is 13.2 Å². The summed E-state index contributed by atoms with van der Waals surface area (Å²) in [4.78, 5) is 8.45. The average Bonchev–Trinajstić information content (AvgIpc) is 2.71. The van der Waals surface area contributed by atoms with Gasteiger partial charge in [-0.15, -0.1) is 11.3 Å². The molecule has 2 rings (SSSR count). The maximum atomic E-state index is 5.45. The van der Waals surface area contributed by atoms with Gasteiger partial charge in [0, 0.05) is 18.8 Å². The summed E-state index contributed by atoms with van der Waals surface area (Å²) in [6.45, 7) is 2.27. The van der Waals surface area contributed by atoms with Gasteiger partial charge >= 0.3 is 0 Å². The largest absolute Gasteiger partial charge is 0.449 e. The Kier molecular flexibility index (Phi) is 2.12. The molecule has 68 valence electrons. The minimum atomic E-state index is 0.466. The zero-order valence-corrected chi connectivity index (χ0v) is 7.97. The summed E-state index contributed by atoms with van der Waals surface area (Å²) in [6, 6.07) is 0. The normalized spacial score (nSPS) is 10.6. The lowest BCUT2D eigenvalue weighted by molar-refractivity contribution is 0.521. The van der Waals surface area contributed by atoms with Crippen LogP contribution in [0.3, 0.4) is 0 Å². The van der Waals surface area contributed by atoms with Gasteiger partial charge < -0.3 is 10.2 Å². The number of hydrogen-bond donors (Lipinski definition) is 1. The molecule has 2 aromatic rings. The fraction of sp³-hybridized carbons (Fsp3) is 0.250. The van der Waals surface area contributed by atoms with Gasteiger partial charge in [-0.3, -0.25) is 0 Å². The first-order valence-corrected chi connectivity index (χ1v) is 4.74. The van der Waals surface area contributed by atoms with Gasteiger partial charge in [0.05, 0.1) is 5.69 Å². The van der Waals surface area contributed by atoms with Crippen LogP contribution in [0.5, 0.6) is 0 Å². The third kappa shape index (κ3) is 1.61. The third-order valence-electron chi connectivity index (χ3n) is 1.60. The third-order valence-corrected chi connectivity index (χ3v) is 2.51. The zero-order valence-electron chi connectivity index (χ0n) is 7.15. The van der Waals surface area contributed by atoms with Crippen LogP contribution in [0.25, 0.3) is 10.7 Å². The van der Waals surface area contributed by atoms with Crippen LogP contribution >= 0.6 is 11.3 Å². The lowest BCUT2D eigenvalue weighted by atomic mass is 10.5. The van der Waals surface area contributed by atoms with Crippen LogP contribution in [0, 0.1) is 6.92 Å². The lowest BCUT2D eigenvalue weighted by Crippen LogP contribution is -1.95. The molecule has 0 radical (unpaired) electrons. The van der Waals surface area contributed by atoms with E-state index >= 15 is 0 Å². The van der Waals surface area contributed by atoms with Crippen LogP contribution < -0.4 is 5.73 Å². The number of aryl methyl sites for hydroxylation is 1. The van der Waals surface area contributed by atoms with Crippen molar-refractivity contribution in [3.8, 4) is 10.7 Å². The summed E-state index contributed by atoms with van der Waals surface area (Å²) in [6.07, 6.45) is 1.61. The van der Waals surface area contributed by atoms with Gasteiger partial charge in [0.15, 0.2) is 5.89 Å². The fourth-order valence-corrected chi connectivity index (χ4v) is 1.76. The first-order valence-electron chi connectivity index (χ1n) is 3.86. The summed E-state index contributed by atoms with van der Waals surface area (Å²) >= 11 is 1.53. The second-order valence-corrected chi connectivity index (χ2v) is 3.46. The topological polar surface area (TPSA) is 64.9 Å². The minimum absolute atomic E-state index is 0.466. The maximum Gasteiger partial charge on any atom is 0.191 e. The number of hydrogen-bond acceptors (Lipinski definition) is 5. The van der Waals surface area contributed by atoms with E-state index in [4.69, 9.17) is 10.2 Å². The molecule has 0 aromatic carbocycles. The van der Waals surface area contributed by atoms with Gasteiger partial charge in [-0.2, -0.15) is 0 Å². The van der Waals surface area contributed by atoms with Gasteiger partial charge in [-0.05, 0) is 0 Å². The number of nitrogens with zero attached hydrogens (tertiary/aromatic N) is 2. The van der Waals surface area contributed by atoms with Crippen molar-refractivity contribution in [2.24, 2.45) is 5.73 Å². The van der Waals surface area contributed by atoms with Crippen LogP contribution in [-0.4, -0.2) is 9.97 Å². The maximum absolute atomic E-state index is 5.45. The first kappa shape index (κ1) is 8.40. The second-order valence-electron chi connectivity index (χ2n) is 2.60. The van der Waals surface area contributed by atoms with E-state index in [9.17, 15) is 0 Å². The summed E-state index contributed by atoms with van der Waals surface area (Å²) in [5, 5.41) is 2.79. The molecule has 0 spiro atoms. The van der Waals surface area contributed by atoms with Crippen molar-refractivity contribution in [2.75, 3.05) is 0 Å². The Morgan fingerprint density at radius 2 is 2.38 bits per heavy atom. The molecule has 0 atom stereocenters. The highest BCUT2D eigenvalue weighted by Gasteiger charge is 2.07. The summed E-state index contributed by atoms with van der Waals surface area (Å²) in [7, 11) is 0. The molecule has 0 aliphatic carbocycles. The number of nitrogens with two attached hydrogens (primary N) is 1. The van der Waals surface area contributed by atoms with Crippen molar-refractivity contribution in [2.45, 2.75) is 13.5 Å². The Labute approximate surface area is 79.4 Å². The molecule has 5 heteroatoms. The number of rotatable bonds is 2. The molecule has 13 heavy (non-hydrogen) atoms. The van der Waals surface area contributed by atoms with E-state index in [1.807, 2.05) is 5.38 Å². The van der Waals surface area contributed by atoms with E-state index in [2.05, 4.69) is 9.97 Å². The summed E-state index contributed by atoms with van der Waals surface area (Å²) < 4.78 is 5.09. The highest BCUT2D eigenvalue weighted by Crippen LogP contribution is 2.22. The van der Waals surface area contributed by atoms with Crippen LogP contribution in [0.1, 0.15) is 11.6 Å². The summed E-state index contributed by atoms with van der Waals surface area (Å²) in [5.74, 6) is 0.652. The highest BCUT2D eigenvalue weighted by molar-refractivity contribution is 7.13. The first-order chi connectivity index (χ1) is 6.29. The van der Waals surface area contributed by atoms with Gasteiger partial charge in [0.1, 0.15) is 17.0 Å². The van der Waals surface area contributed by atoms with E-state index in [1.165, 1.54) is 11.3 Å². The molecule has 4 nitrogen and oxygen atoms in total. The van der Waals surface area contributed by atoms with Crippen molar-refractivity contribution in [3.63, 3.8) is 0 Å². The zero-order chi connectivity index (χ0) is 9.26. The molecule has 0 aliphatic heterocycles. The number of oxazole rings is 1. The molecule has 0 saturated heterocycles. The van der Waals surface area contributed by atoms with E-state index < -0.39 is 0 Å². The average molecular weight is 195 g/mol. The number of aromatic nitrogens is 2. The Morgan fingerprint density at radius 1 is 1.54 bits per heavy atom. The predicted molar refractivity (Wildman–Crippen MR) is 50.2 cm³/mol. The molecular formula is C8H9N3OS. The quantitative estimate of drug-likeness (QED) is 0.789. The van der Waals surface area contributed by atoms with Crippen LogP contribution in [0.4, 0.5) is 0 Å². The molecule has 0 fully saturated rings. The molecule has 2 N–H and O–H groups in total. The molecule has 2 heterocycles. The Bertz CT molecular complexity index is 407. The van der Waals surface area contributed by atoms with Gasteiger partial charge in [-0.1, -0.05) is 0 Å². The second kappa shape index (κ2) is 3.27. The minimum Gasteiger partial charge on any atom is -0.449 e. The predicted octanol–water partition coefficient (Wildman–Crippen LogP) is 1.57. The van der Waals surface area contributed by atoms with Crippen LogP contribution in [0.15, 0.2) is 16.1 Å². The van der Waals surface area contributed by atoms with Gasteiger partial charge in [0.25, 0.3) is 0 Å². The lowest BCUT2D eigenvalue weighted by Gasteiger charge is -1.85. The highest BCUT2D eigenvalue weighted by atomic mass is 32.1. The van der Waals surface area contributed by atoms with Crippen molar-refractivity contribution >= 4 is 11.3 Å². The monoisotopic (exact) mass is 195 g/mol. The van der Waals surface area contributed by atoms with Crippen molar-refractivity contribution in [3.05, 3.63) is 23.2 Å². The molecule has 0 amide bonds. The summed E-state index contributed by atoms with van der Waals surface area (Å²) in [5.41, 5.74) is 7.12. The fourth-order valence-electron chi connectivity index (χ4n) is 0.980. The Balaban J connectivity index is 2.35. The molecule has 0 aliphatic rings. The SMILES string of the molecule is Cc1nc(-c2nc(CN)cs2)co1. The van der Waals surface area contributed by atoms with Crippen LogP contribution in [0.2, 0.25) is 0 Å². The standard InChI is InChI=1S/C8H9N3OS/c1-5-10-7(3-12-5)8-11-6(2-9)4-13-8/h3-4H,2,9H2,1H3. The molecule has 0 saturated carbocycles. The van der Waals surface area contributed by atoms with Crippen molar-refractivity contribution in [1.82, 2.24) is 9.97 Å². The Hall–Kier alpha value is -1.20. The van der Waals surface area contributed by atoms with E-state index in [0.29, 0.717) is 12.4 Å². The van der Waals surface area contributed by atoms with Crippen molar-refractivity contribution in [1.29, 1.82) is 0 Å². The van der Waals surface area contributed by atoms with Crippen molar-refractivity contribution < 1.29 is 4.42 Å². The van der Waals surface area contributed by atoms with E-state index in [-0.39, 0.29) is 0 Å². The molecule has 0 bridgehead atoms. The molecule has 0 unspecified atom stereocenters. The van der Waals surface area contributed by atoms with Crippen LogP contribution in [-0.2, 0) is 6.54 Å². The number of thiazole rings is 1. The molecule has 2 aromatic heterocycles. The van der Waals surface area contributed by atoms with Gasteiger partial charge in [0.2, 0.25) is 0 Å². The van der Waals surface area contributed by atoms with Gasteiger partial charge in [-0.25, -0.2) is 9.97 Å². The van der Waals surface area contributed by atoms with E-state index in [0.717, 1.165) is 16.4 Å². The Morgan fingerprint density at radius 3 is 2.92 bits per heavy atom.